The van der Waals surface area contributed by atoms with Crippen LogP contribution in [0.25, 0.3) is 33.8 Å². The molecule has 2 aromatic heterocycles. The first-order valence-electron chi connectivity index (χ1n) is 12.5. The number of carbonyl (C=O) groups is 1. The van der Waals surface area contributed by atoms with Crippen LogP contribution in [0.2, 0.25) is 0 Å². The second-order valence-corrected chi connectivity index (χ2v) is 9.16. The average molecular weight is 503 g/mol. The second kappa shape index (κ2) is 10.2. The number of hydrogen-bond donors (Lipinski definition) is 2. The first-order chi connectivity index (χ1) is 18.6. The largest absolute Gasteiger partial charge is 0.454 e. The maximum absolute atomic E-state index is 12.7. The molecule has 1 amide bonds. The Morgan fingerprint density at radius 2 is 1.61 bits per heavy atom. The summed E-state index contributed by atoms with van der Waals surface area (Å²) in [6, 6.07) is 29.9. The highest BCUT2D eigenvalue weighted by atomic mass is 16.7. The number of fused-ring (bicyclic) bond motifs is 1. The van der Waals surface area contributed by atoms with Crippen molar-refractivity contribution in [1.29, 1.82) is 0 Å². The SMILES string of the molecule is Cc1cccc(-c2[nH]c(CNC(=O)Cc3ccc(-c4ccccc4)cc3)nc2-c2ccc3c(c2)OCO3)n1. The van der Waals surface area contributed by atoms with Crippen molar-refractivity contribution in [2.45, 2.75) is 19.9 Å². The van der Waals surface area contributed by atoms with Crippen LogP contribution in [-0.2, 0) is 17.8 Å². The lowest BCUT2D eigenvalue weighted by molar-refractivity contribution is -0.120. The minimum atomic E-state index is -0.0753. The summed E-state index contributed by atoms with van der Waals surface area (Å²) in [7, 11) is 0. The number of carbonyl (C=O) groups excluding carboxylic acids is 1. The lowest BCUT2D eigenvalue weighted by Gasteiger charge is -2.06. The summed E-state index contributed by atoms with van der Waals surface area (Å²) in [5.41, 5.74) is 7.31. The van der Waals surface area contributed by atoms with E-state index in [0.29, 0.717) is 17.3 Å². The molecule has 6 rings (SSSR count). The monoisotopic (exact) mass is 502 g/mol. The lowest BCUT2D eigenvalue weighted by atomic mass is 10.0. The molecule has 7 heteroatoms. The van der Waals surface area contributed by atoms with E-state index in [1.807, 2.05) is 85.8 Å². The van der Waals surface area contributed by atoms with Crippen LogP contribution in [0, 0.1) is 6.92 Å². The number of aromatic nitrogens is 3. The predicted octanol–water partition coefficient (Wildman–Crippen LogP) is 5.70. The van der Waals surface area contributed by atoms with Gasteiger partial charge in [-0.25, -0.2) is 4.98 Å². The van der Waals surface area contributed by atoms with Crippen molar-refractivity contribution in [2.75, 3.05) is 6.79 Å². The summed E-state index contributed by atoms with van der Waals surface area (Å²) >= 11 is 0. The summed E-state index contributed by atoms with van der Waals surface area (Å²) in [5.74, 6) is 1.96. The van der Waals surface area contributed by atoms with Gasteiger partial charge in [0, 0.05) is 11.3 Å². The molecule has 0 spiro atoms. The van der Waals surface area contributed by atoms with Crippen molar-refractivity contribution in [3.8, 4) is 45.3 Å². The number of H-pyrrole nitrogens is 1. The molecule has 0 aliphatic carbocycles. The van der Waals surface area contributed by atoms with Crippen LogP contribution in [0.3, 0.4) is 0 Å². The molecule has 0 bridgehead atoms. The van der Waals surface area contributed by atoms with Gasteiger partial charge in [-0.1, -0.05) is 60.7 Å². The van der Waals surface area contributed by atoms with E-state index in [4.69, 9.17) is 14.5 Å². The van der Waals surface area contributed by atoms with Crippen LogP contribution in [0.4, 0.5) is 0 Å². The topological polar surface area (TPSA) is 89.1 Å². The van der Waals surface area contributed by atoms with Gasteiger partial charge in [0.2, 0.25) is 12.7 Å². The molecule has 188 valence electrons. The third-order valence-corrected chi connectivity index (χ3v) is 6.42. The highest BCUT2D eigenvalue weighted by Gasteiger charge is 2.20. The van der Waals surface area contributed by atoms with Gasteiger partial charge in [0.05, 0.1) is 30.0 Å². The summed E-state index contributed by atoms with van der Waals surface area (Å²) in [4.78, 5) is 25.6. The van der Waals surface area contributed by atoms with Gasteiger partial charge in [0.15, 0.2) is 11.5 Å². The smallest absolute Gasteiger partial charge is 0.231 e. The van der Waals surface area contributed by atoms with E-state index in [1.54, 1.807) is 0 Å². The van der Waals surface area contributed by atoms with Crippen LogP contribution in [-0.4, -0.2) is 27.7 Å². The molecule has 2 N–H and O–H groups in total. The van der Waals surface area contributed by atoms with Crippen LogP contribution < -0.4 is 14.8 Å². The number of aryl methyl sites for hydroxylation is 1. The van der Waals surface area contributed by atoms with Crippen molar-refractivity contribution in [3.63, 3.8) is 0 Å². The molecule has 3 heterocycles. The third kappa shape index (κ3) is 4.99. The minimum absolute atomic E-state index is 0.0753. The molecule has 0 saturated carbocycles. The molecular formula is C31H26N4O3. The van der Waals surface area contributed by atoms with E-state index in [-0.39, 0.29) is 25.7 Å². The van der Waals surface area contributed by atoms with Gasteiger partial charge >= 0.3 is 0 Å². The summed E-state index contributed by atoms with van der Waals surface area (Å²) in [6.45, 7) is 2.43. The zero-order valence-corrected chi connectivity index (χ0v) is 20.9. The number of nitrogens with one attached hydrogen (secondary N) is 2. The summed E-state index contributed by atoms with van der Waals surface area (Å²) in [6.07, 6.45) is 0.289. The quantitative estimate of drug-likeness (QED) is 0.298. The predicted molar refractivity (Wildman–Crippen MR) is 146 cm³/mol. The molecular weight excluding hydrogens is 476 g/mol. The maximum atomic E-state index is 12.7. The Balaban J connectivity index is 1.19. The number of hydrogen-bond acceptors (Lipinski definition) is 5. The Labute approximate surface area is 220 Å². The summed E-state index contributed by atoms with van der Waals surface area (Å²) < 4.78 is 11.0. The maximum Gasteiger partial charge on any atom is 0.231 e. The number of ether oxygens (including phenoxy) is 2. The molecule has 5 aromatic rings. The van der Waals surface area contributed by atoms with Gasteiger partial charge in [-0.15, -0.1) is 0 Å². The Bertz CT molecular complexity index is 1590. The van der Waals surface area contributed by atoms with Crippen molar-refractivity contribution >= 4 is 5.91 Å². The van der Waals surface area contributed by atoms with E-state index in [2.05, 4.69) is 27.4 Å². The molecule has 0 fully saturated rings. The van der Waals surface area contributed by atoms with Crippen LogP contribution in [0.5, 0.6) is 11.5 Å². The molecule has 1 aliphatic heterocycles. The van der Waals surface area contributed by atoms with Gasteiger partial charge in [0.1, 0.15) is 5.82 Å². The standard InChI is InChI=1S/C31H26N4O3/c1-20-6-5-9-25(33-20)31-30(24-14-15-26-27(17-24)38-19-37-26)34-28(35-31)18-32-29(36)16-21-10-12-23(13-11-21)22-7-3-2-4-8-22/h2-15,17H,16,18-19H2,1H3,(H,32,36)(H,34,35). The van der Waals surface area contributed by atoms with Crippen LogP contribution in [0.15, 0.2) is 91.0 Å². The lowest BCUT2D eigenvalue weighted by Crippen LogP contribution is -2.25. The highest BCUT2D eigenvalue weighted by Crippen LogP contribution is 2.38. The van der Waals surface area contributed by atoms with Crippen molar-refractivity contribution < 1.29 is 14.3 Å². The molecule has 0 unspecified atom stereocenters. The Morgan fingerprint density at radius 3 is 2.42 bits per heavy atom. The van der Waals surface area contributed by atoms with Crippen molar-refractivity contribution in [3.05, 3.63) is 108 Å². The highest BCUT2D eigenvalue weighted by molar-refractivity contribution is 5.80. The number of rotatable bonds is 7. The zero-order valence-electron chi connectivity index (χ0n) is 20.9. The zero-order chi connectivity index (χ0) is 25.9. The van der Waals surface area contributed by atoms with Gasteiger partial charge < -0.3 is 19.8 Å². The van der Waals surface area contributed by atoms with E-state index in [1.165, 1.54) is 0 Å². The number of imidazole rings is 1. The van der Waals surface area contributed by atoms with E-state index in [0.717, 1.165) is 45.0 Å². The molecule has 0 atom stereocenters. The number of nitrogens with zero attached hydrogens (tertiary/aromatic N) is 2. The van der Waals surface area contributed by atoms with Gasteiger partial charge in [-0.2, -0.15) is 0 Å². The number of amides is 1. The number of pyridine rings is 1. The molecule has 0 radical (unpaired) electrons. The number of benzene rings is 3. The Hall–Kier alpha value is -4.91. The fourth-order valence-electron chi connectivity index (χ4n) is 4.50. The molecule has 38 heavy (non-hydrogen) atoms. The fourth-order valence-corrected chi connectivity index (χ4v) is 4.50. The van der Waals surface area contributed by atoms with Gasteiger partial charge in [0.25, 0.3) is 0 Å². The second-order valence-electron chi connectivity index (χ2n) is 9.16. The van der Waals surface area contributed by atoms with Crippen LogP contribution >= 0.6 is 0 Å². The molecule has 7 nitrogen and oxygen atoms in total. The molecule has 1 aliphatic rings. The van der Waals surface area contributed by atoms with Crippen molar-refractivity contribution in [1.82, 2.24) is 20.3 Å². The molecule has 3 aromatic carbocycles. The normalized spacial score (nSPS) is 11.9. The molecule has 0 saturated heterocycles. The van der Waals surface area contributed by atoms with Crippen molar-refractivity contribution in [2.24, 2.45) is 0 Å². The first-order valence-corrected chi connectivity index (χ1v) is 12.5. The third-order valence-electron chi connectivity index (χ3n) is 6.42. The van der Waals surface area contributed by atoms with E-state index in [9.17, 15) is 4.79 Å². The first kappa shape index (κ1) is 23.5. The average Bonchev–Trinajstić information content (AvgIpc) is 3.60. The van der Waals surface area contributed by atoms with Crippen LogP contribution in [0.1, 0.15) is 17.1 Å². The number of aromatic amines is 1. The Morgan fingerprint density at radius 1 is 0.842 bits per heavy atom. The van der Waals surface area contributed by atoms with Gasteiger partial charge in [-0.05, 0) is 53.9 Å². The Kier molecular flexibility index (Phi) is 6.32. The minimum Gasteiger partial charge on any atom is -0.454 e. The van der Waals surface area contributed by atoms with E-state index >= 15 is 0 Å². The fraction of sp³-hybridized carbons (Fsp3) is 0.129. The summed E-state index contributed by atoms with van der Waals surface area (Å²) in [5, 5.41) is 2.99. The van der Waals surface area contributed by atoms with Gasteiger partial charge in [-0.3, -0.25) is 9.78 Å². The van der Waals surface area contributed by atoms with E-state index < -0.39 is 0 Å².